The van der Waals surface area contributed by atoms with Crippen LogP contribution in [0.25, 0.3) is 0 Å². The molecule has 0 unspecified atom stereocenters. The Hall–Kier alpha value is -1.66. The lowest BCUT2D eigenvalue weighted by atomic mass is 10.2. The average molecular weight is 269 g/mol. The van der Waals surface area contributed by atoms with E-state index >= 15 is 0 Å². The molecule has 0 aromatic heterocycles. The van der Waals surface area contributed by atoms with Gasteiger partial charge in [-0.05, 0) is 19.1 Å². The van der Waals surface area contributed by atoms with E-state index in [0.717, 1.165) is 11.6 Å². The largest absolute Gasteiger partial charge is 0.466 e. The van der Waals surface area contributed by atoms with Crippen LogP contribution < -0.4 is 4.72 Å². The first-order valence-corrected chi connectivity index (χ1v) is 6.75. The van der Waals surface area contributed by atoms with Gasteiger partial charge in [-0.1, -0.05) is 23.8 Å². The van der Waals surface area contributed by atoms with E-state index in [4.69, 9.17) is 0 Å². The van der Waals surface area contributed by atoms with Crippen molar-refractivity contribution in [2.24, 2.45) is 0 Å². The number of aryl methyl sites for hydroxylation is 1. The summed E-state index contributed by atoms with van der Waals surface area (Å²) < 4.78 is 30.3. The Bertz CT molecular complexity index is 532. The Morgan fingerprint density at radius 3 is 2.50 bits per heavy atom. The van der Waals surface area contributed by atoms with E-state index in [0.29, 0.717) is 0 Å². The number of carbonyl (C=O) groups is 1. The van der Waals surface area contributed by atoms with Crippen molar-refractivity contribution in [3.63, 3.8) is 0 Å². The van der Waals surface area contributed by atoms with Gasteiger partial charge in [-0.3, -0.25) is 0 Å². The summed E-state index contributed by atoms with van der Waals surface area (Å²) in [5.74, 6) is -0.524. The highest BCUT2D eigenvalue weighted by atomic mass is 32.2. The molecule has 1 aromatic carbocycles. The lowest BCUT2D eigenvalue weighted by molar-refractivity contribution is -0.134. The fourth-order valence-electron chi connectivity index (χ4n) is 1.18. The molecular weight excluding hydrogens is 254 g/mol. The number of nitrogens with one attached hydrogen (secondary N) is 1. The van der Waals surface area contributed by atoms with Crippen LogP contribution in [0.2, 0.25) is 0 Å². The van der Waals surface area contributed by atoms with Crippen LogP contribution >= 0.6 is 0 Å². The molecule has 6 heteroatoms. The predicted molar refractivity (Wildman–Crippen MR) is 67.5 cm³/mol. The molecule has 0 saturated carbocycles. The summed E-state index contributed by atoms with van der Waals surface area (Å²) in [6, 6.07) is 6.50. The number of benzene rings is 1. The van der Waals surface area contributed by atoms with Gasteiger partial charge in [0.1, 0.15) is 0 Å². The smallest absolute Gasteiger partial charge is 0.330 e. The zero-order valence-electron chi connectivity index (χ0n) is 10.2. The average Bonchev–Trinajstić information content (AvgIpc) is 2.35. The van der Waals surface area contributed by atoms with Crippen molar-refractivity contribution in [1.82, 2.24) is 4.72 Å². The Labute approximate surface area is 107 Å². The lowest BCUT2D eigenvalue weighted by Crippen LogP contribution is -2.23. The molecule has 1 N–H and O–H groups in total. The minimum absolute atomic E-state index is 0.0330. The molecule has 0 aliphatic carbocycles. The Morgan fingerprint density at radius 1 is 1.33 bits per heavy atom. The van der Waals surface area contributed by atoms with Gasteiger partial charge in [-0.15, -0.1) is 0 Å². The van der Waals surface area contributed by atoms with Crippen molar-refractivity contribution in [1.29, 1.82) is 0 Å². The highest BCUT2D eigenvalue weighted by Crippen LogP contribution is 2.09. The van der Waals surface area contributed by atoms with E-state index in [2.05, 4.69) is 9.46 Å². The van der Waals surface area contributed by atoms with E-state index in [9.17, 15) is 13.2 Å². The Kier molecular flexibility index (Phi) is 5.06. The fraction of sp³-hybridized carbons (Fsp3) is 0.250. The van der Waals surface area contributed by atoms with Crippen molar-refractivity contribution in [2.45, 2.75) is 11.8 Å². The van der Waals surface area contributed by atoms with Crippen LogP contribution in [0.4, 0.5) is 0 Å². The summed E-state index contributed by atoms with van der Waals surface area (Å²) in [7, 11) is -2.28. The molecule has 0 fully saturated rings. The third-order valence-electron chi connectivity index (χ3n) is 2.18. The maximum absolute atomic E-state index is 11.8. The monoisotopic (exact) mass is 269 g/mol. The van der Waals surface area contributed by atoms with Gasteiger partial charge in [-0.2, -0.15) is 0 Å². The molecule has 0 bridgehead atoms. The van der Waals surface area contributed by atoms with Gasteiger partial charge in [0.2, 0.25) is 10.0 Å². The van der Waals surface area contributed by atoms with Crippen LogP contribution in [0, 0.1) is 6.92 Å². The van der Waals surface area contributed by atoms with Crippen molar-refractivity contribution < 1.29 is 17.9 Å². The third kappa shape index (κ3) is 4.31. The number of methoxy groups -OCH3 is 1. The highest BCUT2D eigenvalue weighted by molar-refractivity contribution is 7.89. The molecule has 0 atom stereocenters. The number of ether oxygens (including phenoxy) is 1. The second-order valence-electron chi connectivity index (χ2n) is 3.59. The molecule has 0 heterocycles. The number of esters is 1. The van der Waals surface area contributed by atoms with Crippen molar-refractivity contribution in [3.05, 3.63) is 42.0 Å². The second kappa shape index (κ2) is 6.32. The van der Waals surface area contributed by atoms with Gasteiger partial charge < -0.3 is 4.74 Å². The van der Waals surface area contributed by atoms with E-state index < -0.39 is 16.0 Å². The van der Waals surface area contributed by atoms with Gasteiger partial charge in [0.15, 0.2) is 0 Å². The van der Waals surface area contributed by atoms with Gasteiger partial charge in [-0.25, -0.2) is 17.9 Å². The first-order chi connectivity index (χ1) is 8.45. The topological polar surface area (TPSA) is 72.5 Å². The molecule has 0 aliphatic heterocycles. The zero-order valence-corrected chi connectivity index (χ0v) is 11.0. The second-order valence-corrected chi connectivity index (χ2v) is 5.36. The van der Waals surface area contributed by atoms with E-state index in [1.807, 2.05) is 6.92 Å². The molecule has 5 nitrogen and oxygen atoms in total. The van der Waals surface area contributed by atoms with Crippen LogP contribution in [0.3, 0.4) is 0 Å². The van der Waals surface area contributed by atoms with E-state index in [1.54, 1.807) is 12.1 Å². The normalized spacial score (nSPS) is 11.7. The van der Waals surface area contributed by atoms with E-state index in [-0.39, 0.29) is 11.4 Å². The van der Waals surface area contributed by atoms with Crippen molar-refractivity contribution in [2.75, 3.05) is 13.7 Å². The predicted octanol–water partition coefficient (Wildman–Crippen LogP) is 1.00. The minimum atomic E-state index is -3.54. The molecule has 0 spiro atoms. The van der Waals surface area contributed by atoms with Crippen LogP contribution in [-0.4, -0.2) is 28.0 Å². The summed E-state index contributed by atoms with van der Waals surface area (Å²) in [4.78, 5) is 11.0. The first-order valence-electron chi connectivity index (χ1n) is 5.26. The maximum Gasteiger partial charge on any atom is 0.330 e. The summed E-state index contributed by atoms with van der Waals surface area (Å²) in [5.41, 5.74) is 0.986. The molecule has 1 rings (SSSR count). The van der Waals surface area contributed by atoms with Crippen molar-refractivity contribution in [3.8, 4) is 0 Å². The SMILES string of the molecule is COC(=O)/C=C/CNS(=O)(=O)c1ccc(C)cc1. The van der Waals surface area contributed by atoms with Crippen molar-refractivity contribution >= 4 is 16.0 Å². The number of rotatable bonds is 5. The number of carbonyl (C=O) groups excluding carboxylic acids is 1. The minimum Gasteiger partial charge on any atom is -0.466 e. The van der Waals surface area contributed by atoms with Gasteiger partial charge in [0, 0.05) is 12.6 Å². The van der Waals surface area contributed by atoms with Crippen LogP contribution in [0.15, 0.2) is 41.3 Å². The summed E-state index contributed by atoms with van der Waals surface area (Å²) in [5, 5.41) is 0. The summed E-state index contributed by atoms with van der Waals surface area (Å²) in [6.45, 7) is 1.91. The third-order valence-corrected chi connectivity index (χ3v) is 3.62. The molecule has 0 radical (unpaired) electrons. The summed E-state index contributed by atoms with van der Waals surface area (Å²) in [6.07, 6.45) is 2.55. The zero-order chi connectivity index (χ0) is 13.6. The first kappa shape index (κ1) is 14.4. The molecular formula is C12H15NO4S. The molecule has 0 saturated heterocycles. The fourth-order valence-corrected chi connectivity index (χ4v) is 2.16. The molecule has 18 heavy (non-hydrogen) atoms. The number of hydrogen-bond acceptors (Lipinski definition) is 4. The van der Waals surface area contributed by atoms with Crippen LogP contribution in [0.5, 0.6) is 0 Å². The quantitative estimate of drug-likeness (QED) is 0.639. The number of sulfonamides is 1. The maximum atomic E-state index is 11.8. The molecule has 0 amide bonds. The lowest BCUT2D eigenvalue weighted by Gasteiger charge is -2.04. The summed E-state index contributed by atoms with van der Waals surface area (Å²) >= 11 is 0. The van der Waals surface area contributed by atoms with Gasteiger partial charge in [0.05, 0.1) is 12.0 Å². The molecule has 1 aromatic rings. The highest BCUT2D eigenvalue weighted by Gasteiger charge is 2.11. The molecule has 98 valence electrons. The van der Waals surface area contributed by atoms with Gasteiger partial charge in [0.25, 0.3) is 0 Å². The standard InChI is InChI=1S/C12H15NO4S/c1-10-5-7-11(8-6-10)18(15,16)13-9-3-4-12(14)17-2/h3-8,13H,9H2,1-2H3/b4-3+. The van der Waals surface area contributed by atoms with Crippen LogP contribution in [-0.2, 0) is 19.6 Å². The van der Waals surface area contributed by atoms with Gasteiger partial charge >= 0.3 is 5.97 Å². The van der Waals surface area contributed by atoms with E-state index in [1.165, 1.54) is 25.3 Å². The van der Waals surface area contributed by atoms with Crippen LogP contribution in [0.1, 0.15) is 5.56 Å². The Balaban J connectivity index is 2.63. The Morgan fingerprint density at radius 2 is 1.94 bits per heavy atom. The molecule has 0 aliphatic rings. The number of hydrogen-bond donors (Lipinski definition) is 1.